The lowest BCUT2D eigenvalue weighted by atomic mass is 10.1. The Labute approximate surface area is 128 Å². The zero-order chi connectivity index (χ0) is 15.6. The molecule has 2 aromatic carbocycles. The normalized spacial score (nSPS) is 10.2. The van der Waals surface area contributed by atoms with Crippen LogP contribution in [0.1, 0.15) is 15.9 Å². The van der Waals surface area contributed by atoms with Gasteiger partial charge in [0.2, 0.25) is 0 Å². The highest BCUT2D eigenvalue weighted by Crippen LogP contribution is 2.24. The second-order valence-electron chi connectivity index (χ2n) is 4.36. The van der Waals surface area contributed by atoms with Crippen LogP contribution >= 0.6 is 15.9 Å². The molecular weight excluding hydrogens is 343 g/mol. The average Bonchev–Trinajstić information content (AvgIpc) is 2.41. The third kappa shape index (κ3) is 3.43. The molecule has 2 rings (SSSR count). The van der Waals surface area contributed by atoms with E-state index in [0.29, 0.717) is 10.2 Å². The number of amides is 1. The number of nitro benzene ring substituents is 1. The molecule has 0 saturated carbocycles. The number of aryl methyl sites for hydroxylation is 1. The first-order valence-corrected chi connectivity index (χ1v) is 6.69. The van der Waals surface area contributed by atoms with Gasteiger partial charge in [-0.25, -0.2) is 4.39 Å². The Morgan fingerprint density at radius 2 is 2.00 bits per heavy atom. The quantitative estimate of drug-likeness (QED) is 0.668. The average molecular weight is 353 g/mol. The van der Waals surface area contributed by atoms with E-state index in [1.807, 2.05) is 13.0 Å². The number of non-ortho nitro benzene ring substituents is 1. The molecule has 1 N–H and O–H groups in total. The second kappa shape index (κ2) is 6.01. The van der Waals surface area contributed by atoms with Gasteiger partial charge in [0, 0.05) is 10.5 Å². The molecule has 1 amide bonds. The van der Waals surface area contributed by atoms with Gasteiger partial charge in [0.25, 0.3) is 11.6 Å². The number of carbonyl (C=O) groups is 1. The van der Waals surface area contributed by atoms with Crippen molar-refractivity contribution in [1.29, 1.82) is 0 Å². The molecule has 0 bridgehead atoms. The van der Waals surface area contributed by atoms with Crippen molar-refractivity contribution in [3.05, 3.63) is 67.9 Å². The fraction of sp³-hybridized carbons (Fsp3) is 0.0714. The van der Waals surface area contributed by atoms with Crippen molar-refractivity contribution < 1.29 is 14.1 Å². The summed E-state index contributed by atoms with van der Waals surface area (Å²) in [5.41, 5.74) is 0.832. The summed E-state index contributed by atoms with van der Waals surface area (Å²) in [6.45, 7) is 1.90. The van der Waals surface area contributed by atoms with E-state index < -0.39 is 22.3 Å². The second-order valence-corrected chi connectivity index (χ2v) is 5.21. The van der Waals surface area contributed by atoms with E-state index in [1.54, 1.807) is 12.1 Å². The summed E-state index contributed by atoms with van der Waals surface area (Å²) in [5, 5.41) is 13.1. The molecule has 0 spiro atoms. The number of nitrogens with one attached hydrogen (secondary N) is 1. The molecular formula is C14H10BrFN2O3. The van der Waals surface area contributed by atoms with Crippen LogP contribution in [0.4, 0.5) is 15.8 Å². The molecule has 108 valence electrons. The molecule has 0 saturated heterocycles. The summed E-state index contributed by atoms with van der Waals surface area (Å²) in [7, 11) is 0. The minimum Gasteiger partial charge on any atom is -0.321 e. The highest BCUT2D eigenvalue weighted by atomic mass is 79.9. The fourth-order valence-corrected chi connectivity index (χ4v) is 2.31. The van der Waals surface area contributed by atoms with E-state index in [4.69, 9.17) is 0 Å². The molecule has 0 aliphatic rings. The van der Waals surface area contributed by atoms with Crippen LogP contribution in [0.3, 0.4) is 0 Å². The first-order valence-electron chi connectivity index (χ1n) is 5.90. The molecule has 2 aromatic rings. The molecule has 0 radical (unpaired) electrons. The van der Waals surface area contributed by atoms with Gasteiger partial charge in [0.15, 0.2) is 0 Å². The van der Waals surface area contributed by atoms with Crippen LogP contribution in [-0.2, 0) is 0 Å². The van der Waals surface area contributed by atoms with Gasteiger partial charge in [0.05, 0.1) is 22.2 Å². The third-order valence-electron chi connectivity index (χ3n) is 2.78. The van der Waals surface area contributed by atoms with Crippen LogP contribution in [0, 0.1) is 22.9 Å². The lowest BCUT2D eigenvalue weighted by Crippen LogP contribution is -2.14. The van der Waals surface area contributed by atoms with Gasteiger partial charge in [0.1, 0.15) is 5.82 Å². The fourth-order valence-electron chi connectivity index (χ4n) is 1.71. The first-order chi connectivity index (χ1) is 9.88. The zero-order valence-corrected chi connectivity index (χ0v) is 12.5. The monoisotopic (exact) mass is 352 g/mol. The lowest BCUT2D eigenvalue weighted by Gasteiger charge is -2.08. The topological polar surface area (TPSA) is 72.2 Å². The van der Waals surface area contributed by atoms with Crippen molar-refractivity contribution in [2.45, 2.75) is 6.92 Å². The molecule has 0 atom stereocenters. The van der Waals surface area contributed by atoms with E-state index in [0.717, 1.165) is 23.8 Å². The van der Waals surface area contributed by atoms with E-state index in [9.17, 15) is 19.3 Å². The Balaban J connectivity index is 2.26. The van der Waals surface area contributed by atoms with Crippen molar-refractivity contribution in [2.24, 2.45) is 0 Å². The zero-order valence-electron chi connectivity index (χ0n) is 10.9. The Bertz CT molecular complexity index is 734. The van der Waals surface area contributed by atoms with E-state index >= 15 is 0 Å². The van der Waals surface area contributed by atoms with Gasteiger partial charge in [-0.2, -0.15) is 0 Å². The van der Waals surface area contributed by atoms with E-state index in [-0.39, 0.29) is 5.56 Å². The number of nitrogens with zero attached hydrogens (tertiary/aromatic N) is 1. The van der Waals surface area contributed by atoms with Crippen LogP contribution in [0.2, 0.25) is 0 Å². The van der Waals surface area contributed by atoms with Crippen molar-refractivity contribution in [3.8, 4) is 0 Å². The summed E-state index contributed by atoms with van der Waals surface area (Å²) in [4.78, 5) is 21.8. The highest BCUT2D eigenvalue weighted by Gasteiger charge is 2.17. The van der Waals surface area contributed by atoms with Crippen LogP contribution in [-0.4, -0.2) is 10.8 Å². The van der Waals surface area contributed by atoms with Gasteiger partial charge >= 0.3 is 0 Å². The number of hydrogen-bond acceptors (Lipinski definition) is 3. The molecule has 5 nitrogen and oxygen atoms in total. The maximum absolute atomic E-state index is 13.8. The van der Waals surface area contributed by atoms with E-state index in [1.165, 1.54) is 0 Å². The Hall–Kier alpha value is -2.28. The smallest absolute Gasteiger partial charge is 0.272 e. The molecule has 21 heavy (non-hydrogen) atoms. The number of anilines is 1. The number of benzene rings is 2. The maximum Gasteiger partial charge on any atom is 0.272 e. The van der Waals surface area contributed by atoms with E-state index in [2.05, 4.69) is 21.2 Å². The van der Waals surface area contributed by atoms with Gasteiger partial charge in [-0.15, -0.1) is 0 Å². The van der Waals surface area contributed by atoms with Crippen molar-refractivity contribution in [2.75, 3.05) is 5.32 Å². The largest absolute Gasteiger partial charge is 0.321 e. The molecule has 0 aliphatic carbocycles. The molecule has 0 aliphatic heterocycles. The van der Waals surface area contributed by atoms with Crippen LogP contribution < -0.4 is 5.32 Å². The Kier molecular flexibility index (Phi) is 4.32. The Morgan fingerprint density at radius 1 is 1.29 bits per heavy atom. The number of halogens is 2. The molecule has 0 fully saturated rings. The number of carbonyl (C=O) groups excluding carboxylic acids is 1. The first kappa shape index (κ1) is 15.1. The maximum atomic E-state index is 13.8. The number of nitro groups is 1. The highest BCUT2D eigenvalue weighted by molar-refractivity contribution is 9.10. The van der Waals surface area contributed by atoms with Crippen LogP contribution in [0.25, 0.3) is 0 Å². The lowest BCUT2D eigenvalue weighted by molar-refractivity contribution is -0.385. The SMILES string of the molecule is Cc1ccc(NC(=O)c2ccc([N+](=O)[O-])cc2F)c(Br)c1. The van der Waals surface area contributed by atoms with Gasteiger partial charge in [-0.3, -0.25) is 14.9 Å². The van der Waals surface area contributed by atoms with Crippen molar-refractivity contribution >= 4 is 33.2 Å². The molecule has 7 heteroatoms. The minimum absolute atomic E-state index is 0.256. The summed E-state index contributed by atoms with van der Waals surface area (Å²) >= 11 is 3.30. The summed E-state index contributed by atoms with van der Waals surface area (Å²) < 4.78 is 14.4. The summed E-state index contributed by atoms with van der Waals surface area (Å²) in [6.07, 6.45) is 0. The van der Waals surface area contributed by atoms with Crippen molar-refractivity contribution in [3.63, 3.8) is 0 Å². The van der Waals surface area contributed by atoms with Crippen molar-refractivity contribution in [1.82, 2.24) is 0 Å². The number of rotatable bonds is 3. The minimum atomic E-state index is -0.940. The van der Waals surface area contributed by atoms with Crippen LogP contribution in [0.15, 0.2) is 40.9 Å². The summed E-state index contributed by atoms with van der Waals surface area (Å²) in [5.74, 6) is -1.61. The molecule has 0 heterocycles. The van der Waals surface area contributed by atoms with Gasteiger partial charge in [-0.05, 0) is 46.6 Å². The Morgan fingerprint density at radius 3 is 2.57 bits per heavy atom. The predicted octanol–water partition coefficient (Wildman–Crippen LogP) is 4.06. The number of hydrogen-bond donors (Lipinski definition) is 1. The molecule has 0 aromatic heterocycles. The van der Waals surface area contributed by atoms with Gasteiger partial charge < -0.3 is 5.32 Å². The van der Waals surface area contributed by atoms with Gasteiger partial charge in [-0.1, -0.05) is 6.07 Å². The summed E-state index contributed by atoms with van der Waals surface area (Å²) in [6, 6.07) is 8.18. The standard InChI is InChI=1S/C14H10BrFN2O3/c1-8-2-5-13(11(15)6-8)17-14(19)10-4-3-9(18(20)21)7-12(10)16/h2-7H,1H3,(H,17,19). The predicted molar refractivity (Wildman–Crippen MR) is 79.9 cm³/mol. The van der Waals surface area contributed by atoms with Crippen LogP contribution in [0.5, 0.6) is 0 Å². The molecule has 0 unspecified atom stereocenters. The third-order valence-corrected chi connectivity index (χ3v) is 3.44.